The van der Waals surface area contributed by atoms with E-state index in [2.05, 4.69) is 5.32 Å². The zero-order valence-electron chi connectivity index (χ0n) is 22.6. The number of fused-ring (bicyclic) bond motifs is 5. The van der Waals surface area contributed by atoms with E-state index in [1.54, 1.807) is 45.3 Å². The number of carbonyl (C=O) groups excluding carboxylic acids is 3. The molecular weight excluding hydrogens is 502 g/mol. The van der Waals surface area contributed by atoms with Crippen molar-refractivity contribution in [1.29, 1.82) is 0 Å². The number of hydrogen-bond acceptors (Lipinski definition) is 8. The molecule has 0 aliphatic carbocycles. The fourth-order valence-electron chi connectivity index (χ4n) is 5.10. The number of cyclic esters (lactones) is 1. The molecule has 1 amide bonds. The Morgan fingerprint density at radius 2 is 1.92 bits per heavy atom. The Morgan fingerprint density at radius 3 is 2.62 bits per heavy atom. The predicted molar refractivity (Wildman–Crippen MR) is 142 cm³/mol. The average Bonchev–Trinajstić information content (AvgIpc) is 3.24. The number of amides is 1. The second kappa shape index (κ2) is 9.52. The van der Waals surface area contributed by atoms with Gasteiger partial charge in [-0.25, -0.2) is 19.4 Å². The number of esters is 2. The van der Waals surface area contributed by atoms with Crippen LogP contribution in [0.3, 0.4) is 0 Å². The molecule has 0 radical (unpaired) electrons. The fourth-order valence-corrected chi connectivity index (χ4v) is 5.10. The highest BCUT2D eigenvalue weighted by atomic mass is 16.6. The summed E-state index contributed by atoms with van der Waals surface area (Å²) in [4.78, 5) is 57.4. The fraction of sp³-hybridized carbons (Fsp3) is 0.414. The van der Waals surface area contributed by atoms with E-state index in [0.29, 0.717) is 17.9 Å². The molecule has 10 heteroatoms. The molecule has 4 heterocycles. The monoisotopic (exact) mass is 533 g/mol. The molecule has 204 valence electrons. The lowest BCUT2D eigenvalue weighted by Gasteiger charge is -2.36. The first kappa shape index (κ1) is 26.4. The summed E-state index contributed by atoms with van der Waals surface area (Å²) in [7, 11) is 0. The number of nitrogens with zero attached hydrogens (tertiary/aromatic N) is 2. The van der Waals surface area contributed by atoms with Gasteiger partial charge >= 0.3 is 18.0 Å². The van der Waals surface area contributed by atoms with Gasteiger partial charge in [0.2, 0.25) is 5.60 Å². The van der Waals surface area contributed by atoms with Gasteiger partial charge in [-0.3, -0.25) is 4.79 Å². The predicted octanol–water partition coefficient (Wildman–Crippen LogP) is 3.93. The zero-order chi connectivity index (χ0) is 28.1. The minimum Gasteiger partial charge on any atom is -0.457 e. The quantitative estimate of drug-likeness (QED) is 0.302. The van der Waals surface area contributed by atoms with Crippen LogP contribution in [0.2, 0.25) is 0 Å². The maximum atomic E-state index is 13.7. The Kier molecular flexibility index (Phi) is 6.44. The molecule has 1 aromatic carbocycles. The molecular formula is C29H31N3O7. The van der Waals surface area contributed by atoms with Crippen LogP contribution in [0.25, 0.3) is 22.3 Å². The Hall–Kier alpha value is -4.21. The number of para-hydroxylation sites is 1. The summed E-state index contributed by atoms with van der Waals surface area (Å²) in [6, 6.07) is 10.3. The van der Waals surface area contributed by atoms with Crippen molar-refractivity contribution >= 4 is 28.9 Å². The zero-order valence-corrected chi connectivity index (χ0v) is 22.6. The Labute approximate surface area is 225 Å². The van der Waals surface area contributed by atoms with Gasteiger partial charge in [0.25, 0.3) is 5.56 Å². The van der Waals surface area contributed by atoms with E-state index in [1.165, 1.54) is 0 Å². The van der Waals surface area contributed by atoms with E-state index < -0.39 is 35.3 Å². The van der Waals surface area contributed by atoms with Crippen molar-refractivity contribution in [1.82, 2.24) is 14.9 Å². The summed E-state index contributed by atoms with van der Waals surface area (Å²) in [5, 5.41) is 3.47. The highest BCUT2D eigenvalue weighted by Gasteiger charge is 2.51. The lowest BCUT2D eigenvalue weighted by Crippen LogP contribution is -2.51. The van der Waals surface area contributed by atoms with Gasteiger partial charge in [0.15, 0.2) is 0 Å². The van der Waals surface area contributed by atoms with Crippen LogP contribution in [0.15, 0.2) is 41.2 Å². The third-order valence-electron chi connectivity index (χ3n) is 7.04. The molecule has 10 nitrogen and oxygen atoms in total. The lowest BCUT2D eigenvalue weighted by atomic mass is 9.85. The summed E-state index contributed by atoms with van der Waals surface area (Å²) in [5.41, 5.74) is 0.421. The minimum atomic E-state index is -1.86. The molecule has 0 bridgehead atoms. The van der Waals surface area contributed by atoms with Gasteiger partial charge in [-0.15, -0.1) is 0 Å². The van der Waals surface area contributed by atoms with Gasteiger partial charge in [0.05, 0.1) is 29.0 Å². The van der Waals surface area contributed by atoms with Crippen molar-refractivity contribution in [2.45, 2.75) is 77.9 Å². The van der Waals surface area contributed by atoms with Gasteiger partial charge in [-0.1, -0.05) is 32.0 Å². The van der Waals surface area contributed by atoms with Crippen molar-refractivity contribution in [2.24, 2.45) is 0 Å². The summed E-state index contributed by atoms with van der Waals surface area (Å²) in [6.45, 7) is 8.60. The van der Waals surface area contributed by atoms with Crippen LogP contribution in [-0.2, 0) is 42.6 Å². The van der Waals surface area contributed by atoms with E-state index in [9.17, 15) is 19.2 Å². The summed E-state index contributed by atoms with van der Waals surface area (Å²) >= 11 is 0. The standard InChI is InChI=1S/C29H31N3O7/c1-6-20(31-27(36)39-28(3,4)5)25(34)38-29(7-2)19-13-22-23-17(12-16-10-8-9-11-21(16)30-23)14-32(22)24(33)18(19)15-37-26(29)35/h8-13,20H,6-7,14-15H2,1-5H3,(H,31,36)/t20-,29+/m1/s1. The molecule has 2 aliphatic rings. The largest absolute Gasteiger partial charge is 0.457 e. The second-order valence-electron chi connectivity index (χ2n) is 10.8. The molecule has 0 spiro atoms. The number of alkyl carbamates (subject to hydrolysis) is 1. The molecule has 2 aliphatic heterocycles. The molecule has 3 aromatic rings. The van der Waals surface area contributed by atoms with Gasteiger partial charge in [-0.2, -0.15) is 0 Å². The van der Waals surface area contributed by atoms with Gasteiger partial charge in [-0.05, 0) is 51.8 Å². The Bertz CT molecular complexity index is 1570. The Balaban J connectivity index is 1.55. The van der Waals surface area contributed by atoms with Crippen LogP contribution >= 0.6 is 0 Å². The van der Waals surface area contributed by atoms with E-state index in [0.717, 1.165) is 16.5 Å². The SMILES string of the molecule is CC[C@@H](NC(=O)OC(C)(C)C)C(=O)O[C@]1(CC)C(=O)OCc2c1cc1n(c2=O)Cc2cc3ccccc3nc2-1. The molecule has 2 aromatic heterocycles. The van der Waals surface area contributed by atoms with Crippen LogP contribution in [0.4, 0.5) is 4.79 Å². The summed E-state index contributed by atoms with van der Waals surface area (Å²) in [6.07, 6.45) is -0.569. The molecule has 0 unspecified atom stereocenters. The number of carbonyl (C=O) groups is 3. The number of nitrogens with one attached hydrogen (secondary N) is 1. The minimum absolute atomic E-state index is 0.0222. The van der Waals surface area contributed by atoms with E-state index in [4.69, 9.17) is 19.2 Å². The third kappa shape index (κ3) is 4.53. The van der Waals surface area contributed by atoms with Crippen LogP contribution < -0.4 is 10.9 Å². The van der Waals surface area contributed by atoms with Gasteiger partial charge < -0.3 is 24.1 Å². The normalized spacial score (nSPS) is 18.4. The first-order chi connectivity index (χ1) is 18.5. The second-order valence-corrected chi connectivity index (χ2v) is 10.8. The van der Waals surface area contributed by atoms with Crippen molar-refractivity contribution < 1.29 is 28.6 Å². The number of pyridine rings is 2. The molecule has 5 rings (SSSR count). The molecule has 39 heavy (non-hydrogen) atoms. The van der Waals surface area contributed by atoms with Gasteiger partial charge in [0, 0.05) is 16.5 Å². The van der Waals surface area contributed by atoms with Crippen LogP contribution in [0.5, 0.6) is 0 Å². The molecule has 2 atom stereocenters. The number of ether oxygens (including phenoxy) is 3. The van der Waals surface area contributed by atoms with Crippen LogP contribution in [0.1, 0.15) is 64.2 Å². The summed E-state index contributed by atoms with van der Waals surface area (Å²) < 4.78 is 18.1. The maximum absolute atomic E-state index is 13.7. The average molecular weight is 534 g/mol. The van der Waals surface area contributed by atoms with Crippen LogP contribution in [-0.4, -0.2) is 39.2 Å². The number of aromatic nitrogens is 2. The molecule has 0 saturated carbocycles. The number of rotatable bonds is 5. The van der Waals surface area contributed by atoms with Crippen molar-refractivity contribution in [2.75, 3.05) is 0 Å². The topological polar surface area (TPSA) is 126 Å². The highest BCUT2D eigenvalue weighted by Crippen LogP contribution is 2.41. The Morgan fingerprint density at radius 1 is 1.18 bits per heavy atom. The van der Waals surface area contributed by atoms with E-state index >= 15 is 0 Å². The number of hydrogen-bond donors (Lipinski definition) is 1. The molecule has 0 fully saturated rings. The van der Waals surface area contributed by atoms with Crippen molar-refractivity contribution in [3.63, 3.8) is 0 Å². The first-order valence-corrected chi connectivity index (χ1v) is 13.0. The van der Waals surface area contributed by atoms with Crippen molar-refractivity contribution in [3.05, 3.63) is 63.4 Å². The van der Waals surface area contributed by atoms with Crippen LogP contribution in [0, 0.1) is 0 Å². The first-order valence-electron chi connectivity index (χ1n) is 13.0. The smallest absolute Gasteiger partial charge is 0.408 e. The lowest BCUT2D eigenvalue weighted by molar-refractivity contribution is -0.190. The van der Waals surface area contributed by atoms with Gasteiger partial charge in [0.1, 0.15) is 18.2 Å². The molecule has 0 saturated heterocycles. The highest BCUT2D eigenvalue weighted by molar-refractivity contribution is 5.90. The number of benzene rings is 1. The van der Waals surface area contributed by atoms with Crippen molar-refractivity contribution in [3.8, 4) is 11.4 Å². The summed E-state index contributed by atoms with van der Waals surface area (Å²) in [5.74, 6) is -1.60. The van der Waals surface area contributed by atoms with E-state index in [1.807, 2.05) is 30.3 Å². The molecule has 1 N–H and O–H groups in total. The third-order valence-corrected chi connectivity index (χ3v) is 7.04. The maximum Gasteiger partial charge on any atom is 0.408 e. The van der Waals surface area contributed by atoms with E-state index in [-0.39, 0.29) is 36.1 Å².